The molecule has 10 heteroatoms. The monoisotopic (exact) mass is 389 g/mol. The number of aromatic nitrogens is 5. The van der Waals surface area contributed by atoms with Gasteiger partial charge in [0, 0.05) is 51.2 Å². The van der Waals surface area contributed by atoms with Gasteiger partial charge in [-0.3, -0.25) is 9.67 Å². The molecule has 0 radical (unpaired) electrons. The molecule has 1 saturated heterocycles. The lowest BCUT2D eigenvalue weighted by Gasteiger charge is -2.36. The molecule has 7 nitrogen and oxygen atoms in total. The Bertz CT molecular complexity index is 944. The van der Waals surface area contributed by atoms with Crippen LogP contribution < -0.4 is 9.80 Å². The Balaban J connectivity index is 1.43. The Morgan fingerprint density at radius 1 is 0.893 bits per heavy atom. The second kappa shape index (κ2) is 7.10. The minimum absolute atomic E-state index is 0.544. The van der Waals surface area contributed by atoms with Gasteiger partial charge in [-0.15, -0.1) is 0 Å². The van der Waals surface area contributed by atoms with Gasteiger partial charge in [0.1, 0.15) is 11.6 Å². The zero-order valence-electron chi connectivity index (χ0n) is 15.1. The molecule has 0 aliphatic carbocycles. The van der Waals surface area contributed by atoms with E-state index in [1.165, 1.54) is 6.07 Å². The first-order valence-corrected chi connectivity index (χ1v) is 8.74. The third-order valence-electron chi connectivity index (χ3n) is 4.63. The van der Waals surface area contributed by atoms with E-state index in [0.717, 1.165) is 29.3 Å². The second-order valence-electron chi connectivity index (χ2n) is 6.54. The molecule has 1 fully saturated rings. The summed E-state index contributed by atoms with van der Waals surface area (Å²) < 4.78 is 39.7. The SMILES string of the molecule is Cn1cc(-c2cncc(N3CCN(c4ccc(C(F)(F)F)cn4)CC3)n2)cn1. The largest absolute Gasteiger partial charge is 0.417 e. The molecule has 28 heavy (non-hydrogen) atoms. The van der Waals surface area contributed by atoms with E-state index < -0.39 is 11.7 Å². The summed E-state index contributed by atoms with van der Waals surface area (Å²) >= 11 is 0. The number of anilines is 2. The van der Waals surface area contributed by atoms with Crippen molar-refractivity contribution in [2.75, 3.05) is 36.0 Å². The van der Waals surface area contributed by atoms with Gasteiger partial charge in [-0.25, -0.2) is 9.97 Å². The standard InChI is InChI=1S/C18H18F3N7/c1-26-12-13(8-24-26)15-10-22-11-17(25-15)28-6-4-27(5-7-28)16-3-2-14(9-23-16)18(19,20)21/h2-3,8-12H,4-7H2,1H3. The fraction of sp³-hybridized carbons (Fsp3) is 0.333. The molecule has 0 N–H and O–H groups in total. The predicted molar refractivity (Wildman–Crippen MR) is 97.9 cm³/mol. The molecular weight excluding hydrogens is 371 g/mol. The molecule has 4 rings (SSSR count). The zero-order valence-corrected chi connectivity index (χ0v) is 15.1. The summed E-state index contributed by atoms with van der Waals surface area (Å²) in [5, 5.41) is 4.15. The van der Waals surface area contributed by atoms with E-state index >= 15 is 0 Å². The Kier molecular flexibility index (Phi) is 4.62. The summed E-state index contributed by atoms with van der Waals surface area (Å²) in [4.78, 5) is 17.0. The Morgan fingerprint density at radius 3 is 2.18 bits per heavy atom. The van der Waals surface area contributed by atoms with Crippen LogP contribution in [0.4, 0.5) is 24.8 Å². The molecule has 0 atom stereocenters. The van der Waals surface area contributed by atoms with Crippen LogP contribution in [0.2, 0.25) is 0 Å². The van der Waals surface area contributed by atoms with Gasteiger partial charge in [-0.2, -0.15) is 18.3 Å². The maximum Gasteiger partial charge on any atom is 0.417 e. The Labute approximate surface area is 159 Å². The highest BCUT2D eigenvalue weighted by molar-refractivity contribution is 5.58. The smallest absolute Gasteiger partial charge is 0.353 e. The number of pyridine rings is 1. The molecule has 1 aliphatic heterocycles. The number of hydrogen-bond donors (Lipinski definition) is 0. The van der Waals surface area contributed by atoms with E-state index in [2.05, 4.69) is 25.0 Å². The third kappa shape index (κ3) is 3.75. The fourth-order valence-electron chi connectivity index (χ4n) is 3.11. The van der Waals surface area contributed by atoms with E-state index in [0.29, 0.717) is 32.0 Å². The van der Waals surface area contributed by atoms with Gasteiger partial charge in [-0.05, 0) is 12.1 Å². The summed E-state index contributed by atoms with van der Waals surface area (Å²) in [6, 6.07) is 2.48. The van der Waals surface area contributed by atoms with E-state index in [1.54, 1.807) is 23.3 Å². The van der Waals surface area contributed by atoms with Gasteiger partial charge in [-0.1, -0.05) is 0 Å². The first-order chi connectivity index (χ1) is 13.4. The molecule has 3 aromatic rings. The highest BCUT2D eigenvalue weighted by Gasteiger charge is 2.31. The molecule has 0 unspecified atom stereocenters. The molecule has 0 amide bonds. The Morgan fingerprint density at radius 2 is 1.61 bits per heavy atom. The average molecular weight is 389 g/mol. The summed E-state index contributed by atoms with van der Waals surface area (Å²) in [6.07, 6.45) is 3.53. The number of hydrogen-bond acceptors (Lipinski definition) is 6. The van der Waals surface area contributed by atoms with E-state index in [4.69, 9.17) is 0 Å². The lowest BCUT2D eigenvalue weighted by atomic mass is 10.2. The third-order valence-corrected chi connectivity index (χ3v) is 4.63. The number of alkyl halides is 3. The lowest BCUT2D eigenvalue weighted by molar-refractivity contribution is -0.137. The molecule has 3 aromatic heterocycles. The van der Waals surface area contributed by atoms with Crippen LogP contribution in [0.5, 0.6) is 0 Å². The molecule has 1 aliphatic rings. The van der Waals surface area contributed by atoms with Crippen molar-refractivity contribution in [2.24, 2.45) is 7.05 Å². The summed E-state index contributed by atoms with van der Waals surface area (Å²) in [6.45, 7) is 2.62. The summed E-state index contributed by atoms with van der Waals surface area (Å²) in [7, 11) is 1.84. The second-order valence-corrected chi connectivity index (χ2v) is 6.54. The predicted octanol–water partition coefficient (Wildman–Crippen LogP) is 2.62. The van der Waals surface area contributed by atoms with Gasteiger partial charge < -0.3 is 9.80 Å². The summed E-state index contributed by atoms with van der Waals surface area (Å²) in [5.74, 6) is 1.31. The van der Waals surface area contributed by atoms with E-state index in [-0.39, 0.29) is 0 Å². The van der Waals surface area contributed by atoms with Crippen LogP contribution in [-0.2, 0) is 13.2 Å². The lowest BCUT2D eigenvalue weighted by Crippen LogP contribution is -2.47. The van der Waals surface area contributed by atoms with Gasteiger partial charge in [0.05, 0.1) is 29.8 Å². The van der Waals surface area contributed by atoms with E-state index in [9.17, 15) is 13.2 Å². The van der Waals surface area contributed by atoms with Crippen molar-refractivity contribution in [3.8, 4) is 11.3 Å². The summed E-state index contributed by atoms with van der Waals surface area (Å²) in [5.41, 5.74) is 0.902. The van der Waals surface area contributed by atoms with Crippen LogP contribution in [0, 0.1) is 0 Å². The quantitative estimate of drug-likeness (QED) is 0.686. The number of aryl methyl sites for hydroxylation is 1. The normalized spacial score (nSPS) is 15.1. The van der Waals surface area contributed by atoms with Gasteiger partial charge in [0.25, 0.3) is 0 Å². The van der Waals surface area contributed by atoms with Gasteiger partial charge in [0.2, 0.25) is 0 Å². The van der Waals surface area contributed by atoms with Crippen molar-refractivity contribution in [2.45, 2.75) is 6.18 Å². The van der Waals surface area contributed by atoms with Gasteiger partial charge >= 0.3 is 6.18 Å². The number of nitrogens with zero attached hydrogens (tertiary/aromatic N) is 7. The molecule has 0 bridgehead atoms. The fourth-order valence-corrected chi connectivity index (χ4v) is 3.11. The molecule has 0 saturated carbocycles. The van der Waals surface area contributed by atoms with Crippen molar-refractivity contribution in [3.63, 3.8) is 0 Å². The van der Waals surface area contributed by atoms with Crippen molar-refractivity contribution in [1.82, 2.24) is 24.7 Å². The van der Waals surface area contributed by atoms with Crippen LogP contribution >= 0.6 is 0 Å². The van der Waals surface area contributed by atoms with Crippen LogP contribution in [0.3, 0.4) is 0 Å². The number of piperazine rings is 1. The van der Waals surface area contributed by atoms with Gasteiger partial charge in [0.15, 0.2) is 0 Å². The van der Waals surface area contributed by atoms with Crippen LogP contribution in [0.25, 0.3) is 11.3 Å². The highest BCUT2D eigenvalue weighted by Crippen LogP contribution is 2.29. The first-order valence-electron chi connectivity index (χ1n) is 8.74. The molecule has 0 spiro atoms. The number of rotatable bonds is 3. The van der Waals surface area contributed by atoms with Crippen molar-refractivity contribution >= 4 is 11.6 Å². The van der Waals surface area contributed by atoms with Crippen molar-refractivity contribution < 1.29 is 13.2 Å². The van der Waals surface area contributed by atoms with Crippen molar-refractivity contribution in [1.29, 1.82) is 0 Å². The highest BCUT2D eigenvalue weighted by atomic mass is 19.4. The molecule has 0 aromatic carbocycles. The zero-order chi connectivity index (χ0) is 19.7. The maximum absolute atomic E-state index is 12.7. The Hall–Kier alpha value is -3.17. The maximum atomic E-state index is 12.7. The first kappa shape index (κ1) is 18.2. The van der Waals surface area contributed by atoms with Crippen molar-refractivity contribution in [3.05, 3.63) is 48.7 Å². The average Bonchev–Trinajstić information content (AvgIpc) is 3.14. The topological polar surface area (TPSA) is 63.0 Å². The van der Waals surface area contributed by atoms with Crippen LogP contribution in [0.15, 0.2) is 43.1 Å². The molecule has 4 heterocycles. The van der Waals surface area contributed by atoms with Crippen LogP contribution in [-0.4, -0.2) is 50.9 Å². The molecular formula is C18H18F3N7. The minimum Gasteiger partial charge on any atom is -0.353 e. The number of halogens is 3. The molecule has 146 valence electrons. The minimum atomic E-state index is -4.37. The van der Waals surface area contributed by atoms with E-state index in [1.807, 2.05) is 18.1 Å². The van der Waals surface area contributed by atoms with Crippen LogP contribution in [0.1, 0.15) is 5.56 Å².